The molecule has 0 saturated heterocycles. The average molecular weight is 248 g/mol. The lowest BCUT2D eigenvalue weighted by molar-refractivity contribution is 0.0126. The Morgan fingerprint density at radius 2 is 2.17 bits per heavy atom. The third-order valence-corrected chi connectivity index (χ3v) is 2.68. The number of methoxy groups -OCH3 is 1. The summed E-state index contributed by atoms with van der Waals surface area (Å²) in [7, 11) is 1.60. The lowest BCUT2D eigenvalue weighted by Crippen LogP contribution is -2.19. The van der Waals surface area contributed by atoms with Crippen LogP contribution in [0.15, 0.2) is 34.9 Å². The summed E-state index contributed by atoms with van der Waals surface area (Å²) in [6.07, 6.45) is 1.38. The Morgan fingerprint density at radius 3 is 2.94 bits per heavy atom. The summed E-state index contributed by atoms with van der Waals surface area (Å²) >= 11 is 0. The van der Waals surface area contributed by atoms with E-state index in [0.29, 0.717) is 17.8 Å². The molecule has 1 atom stereocenters. The van der Waals surface area contributed by atoms with E-state index in [-0.39, 0.29) is 18.5 Å². The predicted octanol–water partition coefficient (Wildman–Crippen LogP) is 2.67. The van der Waals surface area contributed by atoms with Gasteiger partial charge in [0.15, 0.2) is 5.78 Å². The number of para-hydroxylation sites is 1. The lowest BCUT2D eigenvalue weighted by atomic mass is 10.1. The minimum Gasteiger partial charge on any atom is -0.464 e. The average Bonchev–Trinajstić information content (AvgIpc) is 2.80. The molecular weight excluding hydrogens is 232 g/mol. The maximum absolute atomic E-state index is 12.0. The molecule has 4 heteroatoms. The van der Waals surface area contributed by atoms with Gasteiger partial charge >= 0.3 is 0 Å². The van der Waals surface area contributed by atoms with Crippen molar-refractivity contribution >= 4 is 16.8 Å². The first-order valence-electron chi connectivity index (χ1n) is 5.82. The van der Waals surface area contributed by atoms with Crippen molar-refractivity contribution in [2.45, 2.75) is 13.0 Å². The van der Waals surface area contributed by atoms with E-state index in [0.717, 1.165) is 5.39 Å². The van der Waals surface area contributed by atoms with E-state index in [1.54, 1.807) is 7.11 Å². The second kappa shape index (κ2) is 5.80. The van der Waals surface area contributed by atoms with Crippen LogP contribution in [0.3, 0.4) is 0 Å². The molecule has 2 rings (SSSR count). The largest absolute Gasteiger partial charge is 0.464 e. The fourth-order valence-electron chi connectivity index (χ4n) is 1.77. The summed E-state index contributed by atoms with van der Waals surface area (Å²) in [5.74, 6) is -0.0806. The van der Waals surface area contributed by atoms with Crippen LogP contribution in [0.1, 0.15) is 17.3 Å². The van der Waals surface area contributed by atoms with Crippen molar-refractivity contribution in [1.29, 1.82) is 0 Å². The van der Waals surface area contributed by atoms with Gasteiger partial charge in [0, 0.05) is 12.5 Å². The quantitative estimate of drug-likeness (QED) is 0.737. The Kier molecular flexibility index (Phi) is 4.12. The molecule has 0 radical (unpaired) electrons. The minimum atomic E-state index is -0.0999. The van der Waals surface area contributed by atoms with E-state index in [1.165, 1.54) is 6.26 Å². The fourth-order valence-corrected chi connectivity index (χ4v) is 1.77. The van der Waals surface area contributed by atoms with Crippen molar-refractivity contribution in [3.63, 3.8) is 0 Å². The van der Waals surface area contributed by atoms with E-state index in [2.05, 4.69) is 0 Å². The van der Waals surface area contributed by atoms with Crippen molar-refractivity contribution in [3.8, 4) is 0 Å². The molecule has 0 aliphatic carbocycles. The van der Waals surface area contributed by atoms with Gasteiger partial charge < -0.3 is 13.9 Å². The number of ether oxygens (including phenoxy) is 2. The number of furan rings is 1. The van der Waals surface area contributed by atoms with Crippen LogP contribution in [-0.2, 0) is 9.47 Å². The molecule has 18 heavy (non-hydrogen) atoms. The smallest absolute Gasteiger partial charge is 0.192 e. The molecule has 0 spiro atoms. The van der Waals surface area contributed by atoms with Crippen LogP contribution < -0.4 is 0 Å². The second-order valence-corrected chi connectivity index (χ2v) is 4.15. The summed E-state index contributed by atoms with van der Waals surface area (Å²) in [5, 5.41) is 0.825. The lowest BCUT2D eigenvalue weighted by Gasteiger charge is -2.10. The number of rotatable bonds is 6. The van der Waals surface area contributed by atoms with Gasteiger partial charge in [0.1, 0.15) is 18.5 Å². The number of Topliss-reactive ketones (excluding diaryl/α,β-unsaturated/α-hetero) is 1. The maximum Gasteiger partial charge on any atom is 0.192 e. The summed E-state index contributed by atoms with van der Waals surface area (Å²) in [6, 6.07) is 7.45. The molecule has 2 aromatic rings. The minimum absolute atomic E-state index is 0.0358. The van der Waals surface area contributed by atoms with Crippen LogP contribution >= 0.6 is 0 Å². The van der Waals surface area contributed by atoms with E-state index in [4.69, 9.17) is 13.9 Å². The molecule has 0 amide bonds. The van der Waals surface area contributed by atoms with Crippen molar-refractivity contribution in [3.05, 3.63) is 36.1 Å². The molecule has 0 bridgehead atoms. The maximum atomic E-state index is 12.0. The van der Waals surface area contributed by atoms with Crippen molar-refractivity contribution in [2.75, 3.05) is 20.3 Å². The van der Waals surface area contributed by atoms with Gasteiger partial charge in [-0.2, -0.15) is 0 Å². The third-order valence-electron chi connectivity index (χ3n) is 2.68. The highest BCUT2D eigenvalue weighted by atomic mass is 16.5. The van der Waals surface area contributed by atoms with Crippen LogP contribution in [0.5, 0.6) is 0 Å². The first kappa shape index (κ1) is 12.8. The number of hydrogen-bond acceptors (Lipinski definition) is 4. The van der Waals surface area contributed by atoms with Crippen LogP contribution in [0.2, 0.25) is 0 Å². The summed E-state index contributed by atoms with van der Waals surface area (Å²) in [4.78, 5) is 12.0. The molecular formula is C14H16O4. The van der Waals surface area contributed by atoms with Gasteiger partial charge in [-0.05, 0) is 13.0 Å². The van der Waals surface area contributed by atoms with E-state index < -0.39 is 0 Å². The molecule has 96 valence electrons. The predicted molar refractivity (Wildman–Crippen MR) is 67.8 cm³/mol. The van der Waals surface area contributed by atoms with Crippen molar-refractivity contribution in [2.24, 2.45) is 0 Å². The Bertz CT molecular complexity index is 529. The first-order chi connectivity index (χ1) is 8.72. The van der Waals surface area contributed by atoms with Crippen LogP contribution in [-0.4, -0.2) is 32.2 Å². The number of fused-ring (bicyclic) bond motifs is 1. The Labute approximate surface area is 105 Å². The van der Waals surface area contributed by atoms with Crippen molar-refractivity contribution < 1.29 is 18.7 Å². The second-order valence-electron chi connectivity index (χ2n) is 4.15. The number of benzene rings is 1. The molecule has 0 N–H and O–H groups in total. The SMILES string of the molecule is COCC(C)OCC(=O)c1coc2ccccc12. The van der Waals surface area contributed by atoms with Gasteiger partial charge in [-0.15, -0.1) is 0 Å². The monoisotopic (exact) mass is 248 g/mol. The number of ketones is 1. The topological polar surface area (TPSA) is 48.7 Å². The van der Waals surface area contributed by atoms with Gasteiger partial charge in [0.05, 0.1) is 18.3 Å². The summed E-state index contributed by atoms with van der Waals surface area (Å²) in [5.41, 5.74) is 1.28. The van der Waals surface area contributed by atoms with Gasteiger partial charge in [-0.1, -0.05) is 18.2 Å². The molecule has 1 heterocycles. The van der Waals surface area contributed by atoms with Crippen LogP contribution in [0.4, 0.5) is 0 Å². The molecule has 1 unspecified atom stereocenters. The summed E-state index contributed by atoms with van der Waals surface area (Å²) in [6.45, 7) is 2.37. The number of hydrogen-bond donors (Lipinski definition) is 0. The highest BCUT2D eigenvalue weighted by Crippen LogP contribution is 2.21. The van der Waals surface area contributed by atoms with Crippen LogP contribution in [0, 0.1) is 0 Å². The normalized spacial score (nSPS) is 12.8. The zero-order valence-electron chi connectivity index (χ0n) is 10.5. The fraction of sp³-hybridized carbons (Fsp3) is 0.357. The van der Waals surface area contributed by atoms with E-state index in [1.807, 2.05) is 31.2 Å². The van der Waals surface area contributed by atoms with Crippen molar-refractivity contribution in [1.82, 2.24) is 0 Å². The number of carbonyl (C=O) groups excluding carboxylic acids is 1. The highest BCUT2D eigenvalue weighted by Gasteiger charge is 2.14. The Hall–Kier alpha value is -1.65. The van der Waals surface area contributed by atoms with Gasteiger partial charge in [0.25, 0.3) is 0 Å². The Balaban J connectivity index is 2.05. The number of carbonyl (C=O) groups is 1. The molecule has 1 aromatic heterocycles. The third kappa shape index (κ3) is 2.78. The van der Waals surface area contributed by atoms with Gasteiger partial charge in [0.2, 0.25) is 0 Å². The molecule has 1 aromatic carbocycles. The molecule has 0 aliphatic rings. The van der Waals surface area contributed by atoms with Crippen LogP contribution in [0.25, 0.3) is 11.0 Å². The van der Waals surface area contributed by atoms with E-state index >= 15 is 0 Å². The summed E-state index contributed by atoms with van der Waals surface area (Å²) < 4.78 is 15.7. The molecule has 0 aliphatic heterocycles. The van der Waals surface area contributed by atoms with Gasteiger partial charge in [-0.25, -0.2) is 0 Å². The highest BCUT2D eigenvalue weighted by molar-refractivity contribution is 6.07. The molecule has 0 saturated carbocycles. The zero-order valence-corrected chi connectivity index (χ0v) is 10.5. The molecule has 4 nitrogen and oxygen atoms in total. The molecule has 0 fully saturated rings. The Morgan fingerprint density at radius 1 is 1.39 bits per heavy atom. The zero-order chi connectivity index (χ0) is 13.0. The first-order valence-corrected chi connectivity index (χ1v) is 5.82. The van der Waals surface area contributed by atoms with Gasteiger partial charge in [-0.3, -0.25) is 4.79 Å². The van der Waals surface area contributed by atoms with E-state index in [9.17, 15) is 4.79 Å². The standard InChI is InChI=1S/C14H16O4/c1-10(7-16-2)17-9-13(15)12-8-18-14-6-4-3-5-11(12)14/h3-6,8,10H,7,9H2,1-2H3.